The van der Waals surface area contributed by atoms with E-state index in [1.807, 2.05) is 6.92 Å². The van der Waals surface area contributed by atoms with Gasteiger partial charge < -0.3 is 112 Å². The lowest BCUT2D eigenvalue weighted by molar-refractivity contribution is -0.157. The lowest BCUT2D eigenvalue weighted by atomic mass is 9.99. The fourth-order valence-electron chi connectivity index (χ4n) is 9.49. The van der Waals surface area contributed by atoms with Crippen LogP contribution in [-0.2, 0) is 138 Å². The number of ether oxygens (including phenoxy) is 17. The van der Waals surface area contributed by atoms with E-state index in [4.69, 9.17) is 100 Å². The molecule has 648 valence electrons. The molecule has 6 amide bonds. The molecule has 0 saturated carbocycles. The molecule has 3 unspecified atom stereocenters. The monoisotopic (exact) mass is 1640 g/mol. The van der Waals surface area contributed by atoms with Gasteiger partial charge in [-0.3, -0.25) is 38.4 Å². The van der Waals surface area contributed by atoms with E-state index in [2.05, 4.69) is 32.2 Å². The van der Waals surface area contributed by atoms with Crippen LogP contribution < -0.4 is 46.4 Å². The average molecular weight is 1640 g/mol. The Morgan fingerprint density at radius 3 is 1.00 bits per heavy atom. The van der Waals surface area contributed by atoms with E-state index in [9.17, 15) is 47.9 Å². The van der Waals surface area contributed by atoms with Crippen LogP contribution in [-0.4, -0.2) is 297 Å². The van der Waals surface area contributed by atoms with E-state index >= 15 is 0 Å². The molecule has 3 atom stereocenters. The molecule has 0 bridgehead atoms. The topological polar surface area (TPSA) is 459 Å². The van der Waals surface area contributed by atoms with Gasteiger partial charge in [0, 0.05) is 58.3 Å². The normalized spacial score (nSPS) is 12.2. The Labute approximate surface area is 671 Å². The maximum absolute atomic E-state index is 13.4. The van der Waals surface area contributed by atoms with Gasteiger partial charge in [-0.15, -0.1) is 0 Å². The third-order valence-corrected chi connectivity index (χ3v) is 14.9. The summed E-state index contributed by atoms with van der Waals surface area (Å²) < 4.78 is 92.7. The quantitative estimate of drug-likeness (QED) is 0.0228. The van der Waals surface area contributed by atoms with Gasteiger partial charge >= 0.3 is 24.0 Å². The van der Waals surface area contributed by atoms with E-state index in [0.717, 1.165) is 5.56 Å². The average Bonchev–Trinajstić information content (AvgIpc) is 0.881. The third kappa shape index (κ3) is 56.2. The van der Waals surface area contributed by atoms with Gasteiger partial charge in [-0.05, 0) is 114 Å². The first kappa shape index (κ1) is 100. The second-order valence-corrected chi connectivity index (χ2v) is 27.0. The van der Waals surface area contributed by atoms with Crippen molar-refractivity contribution in [2.45, 2.75) is 129 Å². The first-order valence-electron chi connectivity index (χ1n) is 38.2. The number of hydroxylamine groups is 2. The highest BCUT2D eigenvalue weighted by molar-refractivity contribution is 5.90. The molecular weight excluding hydrogens is 1520 g/mol. The summed E-state index contributed by atoms with van der Waals surface area (Å²) in [6.07, 6.45) is 0.210. The molecule has 37 heteroatoms. The molecule has 3 aromatic carbocycles. The number of alkyl carbamates (subject to hydrolysis) is 1. The lowest BCUT2D eigenvalue weighted by Gasteiger charge is -2.20. The first-order chi connectivity index (χ1) is 55.3. The summed E-state index contributed by atoms with van der Waals surface area (Å²) in [5.74, 6) is -4.61. The zero-order valence-electron chi connectivity index (χ0n) is 67.3. The van der Waals surface area contributed by atoms with Gasteiger partial charge in [0.2, 0.25) is 17.7 Å². The second-order valence-electron chi connectivity index (χ2n) is 27.0. The summed E-state index contributed by atoms with van der Waals surface area (Å²) in [6, 6.07) is 16.6. The highest BCUT2D eigenvalue weighted by atomic mass is 16.7. The molecule has 0 spiro atoms. The molecule has 0 saturated heterocycles. The molecule has 0 heterocycles. The molecule has 0 radical (unpaired) electrons. The largest absolute Gasteiger partial charge is 0.482 e. The molecule has 0 aliphatic rings. The molecule has 0 aliphatic carbocycles. The number of hydrogen-bond acceptors (Lipinski definition) is 29. The van der Waals surface area contributed by atoms with Gasteiger partial charge in [0.25, 0.3) is 11.8 Å². The summed E-state index contributed by atoms with van der Waals surface area (Å²) in [5, 5.41) is 28.8. The van der Waals surface area contributed by atoms with Crippen LogP contribution in [0.2, 0.25) is 0 Å². The number of nitrogens with one attached hydrogen (secondary N) is 6. The Kier molecular flexibility index (Phi) is 54.6. The number of ketones is 1. The number of carboxylic acid groups (broad SMARTS) is 2. The molecule has 0 fully saturated rings. The summed E-state index contributed by atoms with van der Waals surface area (Å²) in [6.45, 7) is 16.7. The van der Waals surface area contributed by atoms with E-state index in [-0.39, 0.29) is 181 Å². The Balaban J connectivity index is 1.32. The fraction of sp³-hybridized carbons (Fsp3) is 0.641. The number of aliphatic carboxylic acids is 2. The van der Waals surface area contributed by atoms with Crippen LogP contribution in [0.4, 0.5) is 4.79 Å². The van der Waals surface area contributed by atoms with Crippen LogP contribution in [0.3, 0.4) is 0 Å². The van der Waals surface area contributed by atoms with Crippen molar-refractivity contribution in [1.29, 1.82) is 0 Å². The number of Topliss-reactive ketones (excluding diaryl/α,β-unsaturated/α-hetero) is 1. The number of carbonyl (C=O) groups is 10. The Bertz CT molecular complexity index is 3200. The van der Waals surface area contributed by atoms with Gasteiger partial charge in [-0.1, -0.05) is 36.4 Å². The van der Waals surface area contributed by atoms with Gasteiger partial charge in [0.15, 0.2) is 25.6 Å². The molecular formula is C78H120N6O31. The van der Waals surface area contributed by atoms with Crippen LogP contribution in [0, 0.1) is 0 Å². The van der Waals surface area contributed by atoms with Gasteiger partial charge in [-0.2, -0.15) is 0 Å². The zero-order chi connectivity index (χ0) is 84.0. The summed E-state index contributed by atoms with van der Waals surface area (Å²) in [4.78, 5) is 136. The first-order valence-corrected chi connectivity index (χ1v) is 38.2. The van der Waals surface area contributed by atoms with E-state index in [1.165, 1.54) is 12.1 Å². The van der Waals surface area contributed by atoms with Crippen molar-refractivity contribution >= 4 is 59.3 Å². The minimum absolute atomic E-state index is 0.00945. The number of hydrogen-bond donors (Lipinski definition) is 8. The van der Waals surface area contributed by atoms with Crippen molar-refractivity contribution in [2.75, 3.05) is 198 Å². The number of carbonyl (C=O) groups excluding carboxylic acids is 8. The van der Waals surface area contributed by atoms with Crippen molar-refractivity contribution < 1.29 is 148 Å². The van der Waals surface area contributed by atoms with E-state index < -0.39 is 90.2 Å². The highest BCUT2D eigenvalue weighted by Crippen LogP contribution is 2.19. The molecule has 3 rings (SSSR count). The molecule has 8 N–H and O–H groups in total. The standard InChI is InChI=1S/C78H120N6O31/c1-8-97-32-33-98-27-9-10-67(85)64(52-58-11-17-61(18-12-58)109-55-71(89)90)80-68(86)23-28-99-34-39-104-44-46-107-48-50-112-83-74(94)65(53-59-13-19-62(20-14-59)110-56-72(91)92)81-69(87)25-30-101-36-40-105-45-47-108-49-51-113-84-75(95)66(54-60-15-21-63(22-16-60)111-57-73(93)114-77(2,3)4)82-70(88)24-29-100-35-38-103-42-43-106-41-37-102-31-26-79-76(96)115-78(5,6)7/h11-22,64-66H,8-10,23-57H2,1-7H3,(H,79,96)(H,80,86)(H,81,87)(H,82,88)(H,83,94)(H,84,95)(H,89,90)(H,91,92). The number of amides is 6. The molecule has 0 aliphatic heterocycles. The van der Waals surface area contributed by atoms with Crippen LogP contribution in [0.1, 0.15) is 97.3 Å². The number of esters is 1. The summed E-state index contributed by atoms with van der Waals surface area (Å²) in [7, 11) is 0. The van der Waals surface area contributed by atoms with Crippen molar-refractivity contribution in [3.8, 4) is 17.2 Å². The van der Waals surface area contributed by atoms with Crippen molar-refractivity contribution in [3.05, 3.63) is 89.5 Å². The maximum atomic E-state index is 13.4. The minimum Gasteiger partial charge on any atom is -0.482 e. The predicted octanol–water partition coefficient (Wildman–Crippen LogP) is 3.18. The fourth-order valence-corrected chi connectivity index (χ4v) is 9.49. The van der Waals surface area contributed by atoms with Gasteiger partial charge in [-0.25, -0.2) is 30.1 Å². The molecule has 3 aromatic rings. The SMILES string of the molecule is CCOCCOCCCC(=O)C(Cc1ccc(OCC(=O)O)cc1)NC(=O)CCOCCOCCOCCONC(=O)C(Cc1ccc(OCC(=O)O)cc1)NC(=O)CCOCCOCCOCCONC(=O)C(Cc1ccc(OCC(=O)OC(C)(C)C)cc1)NC(=O)CCOCCOCCOCCOCCNC(=O)OC(C)(C)C. The van der Waals surface area contributed by atoms with Crippen LogP contribution in [0.5, 0.6) is 17.2 Å². The van der Waals surface area contributed by atoms with E-state index in [1.54, 1.807) is 102 Å². The Morgan fingerprint density at radius 1 is 0.348 bits per heavy atom. The number of carboxylic acids is 2. The third-order valence-electron chi connectivity index (χ3n) is 14.9. The Morgan fingerprint density at radius 2 is 0.652 bits per heavy atom. The predicted molar refractivity (Wildman–Crippen MR) is 410 cm³/mol. The minimum atomic E-state index is -1.16. The van der Waals surface area contributed by atoms with Crippen LogP contribution in [0.25, 0.3) is 0 Å². The van der Waals surface area contributed by atoms with Crippen molar-refractivity contribution in [3.63, 3.8) is 0 Å². The second kappa shape index (κ2) is 62.5. The zero-order valence-corrected chi connectivity index (χ0v) is 67.3. The van der Waals surface area contributed by atoms with Crippen molar-refractivity contribution in [1.82, 2.24) is 32.2 Å². The summed E-state index contributed by atoms with van der Waals surface area (Å²) in [5.41, 5.74) is 5.45. The number of benzene rings is 3. The summed E-state index contributed by atoms with van der Waals surface area (Å²) >= 11 is 0. The molecule has 115 heavy (non-hydrogen) atoms. The number of rotatable bonds is 70. The van der Waals surface area contributed by atoms with Crippen molar-refractivity contribution in [2.24, 2.45) is 0 Å². The smallest absolute Gasteiger partial charge is 0.407 e. The lowest BCUT2D eigenvalue weighted by Crippen LogP contribution is -2.48. The van der Waals surface area contributed by atoms with E-state index in [0.29, 0.717) is 95.1 Å². The van der Waals surface area contributed by atoms with Gasteiger partial charge in [0.1, 0.15) is 40.5 Å². The Hall–Kier alpha value is -8.80. The molecule has 37 nitrogen and oxygen atoms in total. The van der Waals surface area contributed by atoms with Crippen LogP contribution >= 0.6 is 0 Å². The maximum Gasteiger partial charge on any atom is 0.407 e. The molecule has 0 aromatic heterocycles. The van der Waals surface area contributed by atoms with Gasteiger partial charge in [0.05, 0.1) is 165 Å². The van der Waals surface area contributed by atoms with Crippen LogP contribution in [0.15, 0.2) is 72.8 Å². The highest BCUT2D eigenvalue weighted by Gasteiger charge is 2.26.